The van der Waals surface area contributed by atoms with Gasteiger partial charge >= 0.3 is 18.1 Å². The first-order valence-corrected chi connectivity index (χ1v) is 5.86. The Hall–Kier alpha value is -1.27. The van der Waals surface area contributed by atoms with Crippen LogP contribution in [0.15, 0.2) is 0 Å². The standard InChI is InChI=1S/C11H18F3NO3/c1-3-5-6-7-8(9(16)17)15(4-2)10(18)11(12,13)14/h8H,3-7H2,1-2H3,(H,16,17). The van der Waals surface area contributed by atoms with Crippen molar-refractivity contribution in [3.63, 3.8) is 0 Å². The molecule has 0 aromatic carbocycles. The van der Waals surface area contributed by atoms with Crippen molar-refractivity contribution < 1.29 is 27.9 Å². The van der Waals surface area contributed by atoms with Crippen LogP contribution in [0, 0.1) is 0 Å². The molecule has 0 spiro atoms. The molecule has 0 bridgehead atoms. The quantitative estimate of drug-likeness (QED) is 0.722. The molecule has 1 amide bonds. The first-order chi connectivity index (χ1) is 8.25. The number of nitrogens with zero attached hydrogens (tertiary/aromatic N) is 1. The Morgan fingerprint density at radius 2 is 1.78 bits per heavy atom. The van der Waals surface area contributed by atoms with Crippen LogP contribution in [0.3, 0.4) is 0 Å². The van der Waals surface area contributed by atoms with Crippen molar-refractivity contribution in [2.45, 2.75) is 51.7 Å². The second kappa shape index (κ2) is 7.23. The summed E-state index contributed by atoms with van der Waals surface area (Å²) in [5.74, 6) is -3.49. The van der Waals surface area contributed by atoms with Gasteiger partial charge in [0.05, 0.1) is 0 Å². The van der Waals surface area contributed by atoms with E-state index in [0.717, 1.165) is 12.8 Å². The number of halogens is 3. The Morgan fingerprint density at radius 1 is 1.22 bits per heavy atom. The molecule has 0 aliphatic rings. The fourth-order valence-electron chi connectivity index (χ4n) is 1.67. The molecule has 1 unspecified atom stereocenters. The average molecular weight is 269 g/mol. The molecule has 1 atom stereocenters. The molecule has 0 aliphatic heterocycles. The van der Waals surface area contributed by atoms with Gasteiger partial charge in [-0.3, -0.25) is 4.79 Å². The maximum absolute atomic E-state index is 12.3. The van der Waals surface area contributed by atoms with Gasteiger partial charge in [0.15, 0.2) is 0 Å². The van der Waals surface area contributed by atoms with Crippen molar-refractivity contribution in [2.24, 2.45) is 0 Å². The molecule has 0 rings (SSSR count). The summed E-state index contributed by atoms with van der Waals surface area (Å²) in [6.45, 7) is 2.95. The van der Waals surface area contributed by atoms with Crippen molar-refractivity contribution in [3.8, 4) is 0 Å². The van der Waals surface area contributed by atoms with Crippen molar-refractivity contribution in [2.75, 3.05) is 6.54 Å². The number of hydrogen-bond acceptors (Lipinski definition) is 2. The van der Waals surface area contributed by atoms with E-state index >= 15 is 0 Å². The van der Waals surface area contributed by atoms with Gasteiger partial charge in [0, 0.05) is 6.54 Å². The Labute approximate surface area is 104 Å². The number of carboxylic acid groups (broad SMARTS) is 1. The summed E-state index contributed by atoms with van der Waals surface area (Å²) in [6, 6.07) is -1.41. The SMILES string of the molecule is CCCCCC(C(=O)O)N(CC)C(=O)C(F)(F)F. The zero-order valence-corrected chi connectivity index (χ0v) is 10.5. The van der Waals surface area contributed by atoms with Crippen molar-refractivity contribution in [3.05, 3.63) is 0 Å². The first kappa shape index (κ1) is 16.7. The van der Waals surface area contributed by atoms with E-state index in [9.17, 15) is 22.8 Å². The van der Waals surface area contributed by atoms with Gasteiger partial charge in [0.2, 0.25) is 0 Å². The smallest absolute Gasteiger partial charge is 0.471 e. The molecular weight excluding hydrogens is 251 g/mol. The topological polar surface area (TPSA) is 57.6 Å². The minimum atomic E-state index is -5.03. The maximum atomic E-state index is 12.3. The molecule has 4 nitrogen and oxygen atoms in total. The summed E-state index contributed by atoms with van der Waals surface area (Å²) in [5, 5.41) is 8.93. The largest absolute Gasteiger partial charge is 0.480 e. The normalized spacial score (nSPS) is 13.2. The number of carboxylic acids is 1. The number of rotatable bonds is 7. The van der Waals surface area contributed by atoms with E-state index in [4.69, 9.17) is 5.11 Å². The van der Waals surface area contributed by atoms with Gasteiger partial charge in [-0.05, 0) is 13.3 Å². The number of amides is 1. The van der Waals surface area contributed by atoms with Gasteiger partial charge in [-0.1, -0.05) is 26.2 Å². The molecule has 106 valence electrons. The summed E-state index contributed by atoms with van der Waals surface area (Å²) in [5.41, 5.74) is 0. The lowest BCUT2D eigenvalue weighted by molar-refractivity contribution is -0.189. The molecule has 0 saturated carbocycles. The van der Waals surface area contributed by atoms with Gasteiger partial charge < -0.3 is 10.0 Å². The van der Waals surface area contributed by atoms with Crippen LogP contribution in [0.1, 0.15) is 39.5 Å². The summed E-state index contributed by atoms with van der Waals surface area (Å²) in [7, 11) is 0. The van der Waals surface area contributed by atoms with Crippen LogP contribution in [-0.4, -0.2) is 40.6 Å². The monoisotopic (exact) mass is 269 g/mol. The second-order valence-electron chi connectivity index (χ2n) is 3.94. The number of unbranched alkanes of at least 4 members (excludes halogenated alkanes) is 2. The molecule has 18 heavy (non-hydrogen) atoms. The maximum Gasteiger partial charge on any atom is 0.471 e. The van der Waals surface area contributed by atoms with Crippen molar-refractivity contribution in [1.82, 2.24) is 4.90 Å². The van der Waals surface area contributed by atoms with E-state index in [2.05, 4.69) is 0 Å². The zero-order chi connectivity index (χ0) is 14.3. The fourth-order valence-corrected chi connectivity index (χ4v) is 1.67. The molecule has 0 fully saturated rings. The highest BCUT2D eigenvalue weighted by Crippen LogP contribution is 2.21. The third-order valence-electron chi connectivity index (χ3n) is 2.59. The number of carbonyl (C=O) groups excluding carboxylic acids is 1. The highest BCUT2D eigenvalue weighted by Gasteiger charge is 2.45. The third-order valence-corrected chi connectivity index (χ3v) is 2.59. The lowest BCUT2D eigenvalue weighted by Crippen LogP contribution is -2.50. The fraction of sp³-hybridized carbons (Fsp3) is 0.818. The molecule has 0 aliphatic carbocycles. The molecule has 0 aromatic heterocycles. The Kier molecular flexibility index (Phi) is 6.72. The molecule has 0 heterocycles. The van der Waals surface area contributed by atoms with E-state index < -0.39 is 24.1 Å². The predicted octanol–water partition coefficient (Wildman–Crippen LogP) is 2.43. The van der Waals surface area contributed by atoms with Crippen LogP contribution in [0.25, 0.3) is 0 Å². The van der Waals surface area contributed by atoms with E-state index in [1.165, 1.54) is 6.92 Å². The third kappa shape index (κ3) is 4.93. The van der Waals surface area contributed by atoms with E-state index in [1.54, 1.807) is 0 Å². The summed E-state index contributed by atoms with van der Waals surface area (Å²) in [4.78, 5) is 22.4. The minimum Gasteiger partial charge on any atom is -0.480 e. The Morgan fingerprint density at radius 3 is 2.11 bits per heavy atom. The molecule has 7 heteroatoms. The highest BCUT2D eigenvalue weighted by molar-refractivity contribution is 5.87. The summed E-state index contributed by atoms with van der Waals surface area (Å²) < 4.78 is 36.9. The lowest BCUT2D eigenvalue weighted by Gasteiger charge is -2.28. The van der Waals surface area contributed by atoms with Gasteiger partial charge in [0.25, 0.3) is 0 Å². The molecule has 1 N–H and O–H groups in total. The lowest BCUT2D eigenvalue weighted by atomic mass is 10.1. The van der Waals surface area contributed by atoms with Gasteiger partial charge in [0.1, 0.15) is 6.04 Å². The van der Waals surface area contributed by atoms with Gasteiger partial charge in [-0.25, -0.2) is 4.79 Å². The van der Waals surface area contributed by atoms with Gasteiger partial charge in [-0.2, -0.15) is 13.2 Å². The minimum absolute atomic E-state index is 0.0405. The van der Waals surface area contributed by atoms with Crippen LogP contribution in [0.4, 0.5) is 13.2 Å². The van der Waals surface area contributed by atoms with E-state index in [0.29, 0.717) is 11.3 Å². The van der Waals surface area contributed by atoms with Crippen LogP contribution >= 0.6 is 0 Å². The van der Waals surface area contributed by atoms with E-state index in [1.807, 2.05) is 6.92 Å². The van der Waals surface area contributed by atoms with Crippen molar-refractivity contribution in [1.29, 1.82) is 0 Å². The summed E-state index contributed by atoms with van der Waals surface area (Å²) >= 11 is 0. The number of likely N-dealkylation sites (N-methyl/N-ethyl adjacent to an activating group) is 1. The van der Waals surface area contributed by atoms with Crippen molar-refractivity contribution >= 4 is 11.9 Å². The first-order valence-electron chi connectivity index (χ1n) is 5.86. The second-order valence-corrected chi connectivity index (χ2v) is 3.94. The number of alkyl halides is 3. The Balaban J connectivity index is 4.83. The number of aliphatic carboxylic acids is 1. The van der Waals surface area contributed by atoms with Crippen LogP contribution in [-0.2, 0) is 9.59 Å². The average Bonchev–Trinajstić information content (AvgIpc) is 2.26. The van der Waals surface area contributed by atoms with E-state index in [-0.39, 0.29) is 13.0 Å². The highest BCUT2D eigenvalue weighted by atomic mass is 19.4. The Bertz CT molecular complexity index is 292. The van der Waals surface area contributed by atoms with Crippen LogP contribution in [0.2, 0.25) is 0 Å². The number of hydrogen-bond donors (Lipinski definition) is 1. The summed E-state index contributed by atoms with van der Waals surface area (Å²) in [6.07, 6.45) is -2.96. The zero-order valence-electron chi connectivity index (χ0n) is 10.5. The molecular formula is C11H18F3NO3. The number of carbonyl (C=O) groups is 2. The molecule has 0 saturated heterocycles. The van der Waals surface area contributed by atoms with Crippen LogP contribution < -0.4 is 0 Å². The van der Waals surface area contributed by atoms with Crippen LogP contribution in [0.5, 0.6) is 0 Å². The predicted molar refractivity (Wildman–Crippen MR) is 59.0 cm³/mol. The van der Waals surface area contributed by atoms with Gasteiger partial charge in [-0.15, -0.1) is 0 Å². The molecule has 0 aromatic rings. The molecule has 0 radical (unpaired) electrons.